The SMILES string of the molecule is O=[N+]([O-])c1sccc1NC1CNC1. The van der Waals surface area contributed by atoms with Gasteiger partial charge in [0.2, 0.25) is 0 Å². The van der Waals surface area contributed by atoms with Crippen LogP contribution in [0.1, 0.15) is 0 Å². The number of hydrogen-bond acceptors (Lipinski definition) is 5. The summed E-state index contributed by atoms with van der Waals surface area (Å²) in [6, 6.07) is 2.09. The highest BCUT2D eigenvalue weighted by Gasteiger charge is 2.21. The fourth-order valence-electron chi connectivity index (χ4n) is 1.16. The molecule has 1 saturated heterocycles. The Morgan fingerprint density at radius 1 is 1.69 bits per heavy atom. The Hall–Kier alpha value is -1.14. The maximum absolute atomic E-state index is 10.5. The smallest absolute Gasteiger partial charge is 0.347 e. The molecule has 0 amide bonds. The molecule has 0 spiro atoms. The Morgan fingerprint density at radius 2 is 2.46 bits per heavy atom. The maximum Gasteiger partial charge on any atom is 0.347 e. The maximum atomic E-state index is 10.5. The van der Waals surface area contributed by atoms with E-state index in [0.717, 1.165) is 24.4 Å². The Bertz CT molecular complexity index is 321. The molecule has 2 heterocycles. The van der Waals surface area contributed by atoms with Gasteiger partial charge in [0.05, 0.1) is 11.0 Å². The first-order valence-corrected chi connectivity index (χ1v) is 4.84. The van der Waals surface area contributed by atoms with Crippen molar-refractivity contribution in [2.24, 2.45) is 0 Å². The second kappa shape index (κ2) is 3.31. The molecule has 0 atom stereocenters. The molecule has 0 aromatic carbocycles. The van der Waals surface area contributed by atoms with Crippen LogP contribution < -0.4 is 10.6 Å². The van der Waals surface area contributed by atoms with Crippen LogP contribution in [-0.2, 0) is 0 Å². The molecule has 6 heteroatoms. The molecule has 0 saturated carbocycles. The average molecular weight is 199 g/mol. The van der Waals surface area contributed by atoms with Crippen LogP contribution in [0.25, 0.3) is 0 Å². The van der Waals surface area contributed by atoms with Crippen molar-refractivity contribution >= 4 is 22.0 Å². The molecule has 0 bridgehead atoms. The highest BCUT2D eigenvalue weighted by Crippen LogP contribution is 2.31. The van der Waals surface area contributed by atoms with Gasteiger partial charge in [0.1, 0.15) is 5.69 Å². The van der Waals surface area contributed by atoms with Gasteiger partial charge in [-0.05, 0) is 11.4 Å². The van der Waals surface area contributed by atoms with Gasteiger partial charge >= 0.3 is 5.00 Å². The van der Waals surface area contributed by atoms with Crippen LogP contribution in [0.3, 0.4) is 0 Å². The first kappa shape index (κ1) is 8.46. The van der Waals surface area contributed by atoms with Gasteiger partial charge in [-0.2, -0.15) is 0 Å². The number of thiophene rings is 1. The largest absolute Gasteiger partial charge is 0.373 e. The molecule has 1 aromatic rings. The molecule has 0 aliphatic carbocycles. The Balaban J connectivity index is 2.09. The van der Waals surface area contributed by atoms with Crippen molar-refractivity contribution in [1.29, 1.82) is 0 Å². The molecule has 1 aromatic heterocycles. The topological polar surface area (TPSA) is 67.2 Å². The molecule has 1 fully saturated rings. The lowest BCUT2D eigenvalue weighted by Crippen LogP contribution is -2.51. The van der Waals surface area contributed by atoms with E-state index >= 15 is 0 Å². The molecule has 2 N–H and O–H groups in total. The van der Waals surface area contributed by atoms with Gasteiger partial charge in [-0.3, -0.25) is 10.1 Å². The summed E-state index contributed by atoms with van der Waals surface area (Å²) in [5.74, 6) is 0. The van der Waals surface area contributed by atoms with Gasteiger partial charge in [0.25, 0.3) is 0 Å². The molecule has 2 rings (SSSR count). The van der Waals surface area contributed by atoms with E-state index in [1.54, 1.807) is 11.4 Å². The van der Waals surface area contributed by atoms with Gasteiger partial charge in [-0.1, -0.05) is 11.3 Å². The Kier molecular flexibility index (Phi) is 2.15. The Morgan fingerprint density at radius 3 is 3.00 bits per heavy atom. The summed E-state index contributed by atoms with van der Waals surface area (Å²) < 4.78 is 0. The predicted octanol–water partition coefficient (Wildman–Crippen LogP) is 1.04. The second-order valence-electron chi connectivity index (χ2n) is 2.90. The molecule has 70 valence electrons. The fourth-order valence-corrected chi connectivity index (χ4v) is 1.84. The van der Waals surface area contributed by atoms with Crippen LogP contribution >= 0.6 is 11.3 Å². The highest BCUT2D eigenvalue weighted by molar-refractivity contribution is 7.14. The highest BCUT2D eigenvalue weighted by atomic mass is 32.1. The zero-order valence-corrected chi connectivity index (χ0v) is 7.63. The molecular formula is C7H9N3O2S. The van der Waals surface area contributed by atoms with Gasteiger partial charge in [0.15, 0.2) is 0 Å². The summed E-state index contributed by atoms with van der Waals surface area (Å²) in [4.78, 5) is 10.2. The van der Waals surface area contributed by atoms with Crippen molar-refractivity contribution in [2.45, 2.75) is 6.04 Å². The number of nitro groups is 1. The van der Waals surface area contributed by atoms with Crippen LogP contribution in [0.5, 0.6) is 0 Å². The Labute approximate surface area is 78.9 Å². The van der Waals surface area contributed by atoms with Gasteiger partial charge in [0, 0.05) is 13.1 Å². The van der Waals surface area contributed by atoms with Crippen LogP contribution in [0.2, 0.25) is 0 Å². The molecule has 13 heavy (non-hydrogen) atoms. The molecule has 5 nitrogen and oxygen atoms in total. The minimum atomic E-state index is -0.348. The quantitative estimate of drug-likeness (QED) is 0.564. The number of nitrogens with one attached hydrogen (secondary N) is 2. The van der Waals surface area contributed by atoms with E-state index in [1.807, 2.05) is 0 Å². The second-order valence-corrected chi connectivity index (χ2v) is 3.79. The molecule has 0 radical (unpaired) electrons. The lowest BCUT2D eigenvalue weighted by atomic mass is 10.2. The summed E-state index contributed by atoms with van der Waals surface area (Å²) in [6.07, 6.45) is 0. The van der Waals surface area contributed by atoms with E-state index in [0.29, 0.717) is 11.7 Å². The monoisotopic (exact) mass is 199 g/mol. The minimum Gasteiger partial charge on any atom is -0.373 e. The molecular weight excluding hydrogens is 190 g/mol. The normalized spacial score (nSPS) is 16.6. The fraction of sp³-hybridized carbons (Fsp3) is 0.429. The van der Waals surface area contributed by atoms with Gasteiger partial charge in [-0.25, -0.2) is 0 Å². The van der Waals surface area contributed by atoms with E-state index in [-0.39, 0.29) is 9.92 Å². The van der Waals surface area contributed by atoms with E-state index in [9.17, 15) is 10.1 Å². The molecule has 1 aliphatic rings. The predicted molar refractivity (Wildman–Crippen MR) is 51.3 cm³/mol. The van der Waals surface area contributed by atoms with Gasteiger partial charge < -0.3 is 10.6 Å². The van der Waals surface area contributed by atoms with Crippen molar-refractivity contribution in [3.63, 3.8) is 0 Å². The molecule has 0 unspecified atom stereocenters. The molecule has 1 aliphatic heterocycles. The lowest BCUT2D eigenvalue weighted by Gasteiger charge is -2.28. The summed E-state index contributed by atoms with van der Waals surface area (Å²) >= 11 is 1.15. The van der Waals surface area contributed by atoms with Crippen molar-refractivity contribution in [1.82, 2.24) is 5.32 Å². The first-order valence-electron chi connectivity index (χ1n) is 3.96. The number of rotatable bonds is 3. The van der Waals surface area contributed by atoms with E-state index in [2.05, 4.69) is 10.6 Å². The van der Waals surface area contributed by atoms with Crippen molar-refractivity contribution in [2.75, 3.05) is 18.4 Å². The number of hydrogen-bond donors (Lipinski definition) is 2. The van der Waals surface area contributed by atoms with Crippen LogP contribution in [0.4, 0.5) is 10.7 Å². The summed E-state index contributed by atoms with van der Waals surface area (Å²) in [5.41, 5.74) is 0.640. The van der Waals surface area contributed by atoms with Crippen LogP contribution in [-0.4, -0.2) is 24.1 Å². The zero-order valence-electron chi connectivity index (χ0n) is 6.82. The van der Waals surface area contributed by atoms with Crippen molar-refractivity contribution < 1.29 is 4.92 Å². The van der Waals surface area contributed by atoms with Crippen LogP contribution in [0.15, 0.2) is 11.4 Å². The lowest BCUT2D eigenvalue weighted by molar-refractivity contribution is -0.379. The van der Waals surface area contributed by atoms with Gasteiger partial charge in [-0.15, -0.1) is 0 Å². The van der Waals surface area contributed by atoms with Crippen LogP contribution in [0, 0.1) is 10.1 Å². The summed E-state index contributed by atoms with van der Waals surface area (Å²) in [7, 11) is 0. The summed E-state index contributed by atoms with van der Waals surface area (Å²) in [6.45, 7) is 1.76. The van der Waals surface area contributed by atoms with Crippen molar-refractivity contribution in [3.8, 4) is 0 Å². The first-order chi connectivity index (χ1) is 6.27. The van der Waals surface area contributed by atoms with E-state index < -0.39 is 0 Å². The van der Waals surface area contributed by atoms with E-state index in [4.69, 9.17) is 0 Å². The average Bonchev–Trinajstić information content (AvgIpc) is 2.44. The third-order valence-corrected chi connectivity index (χ3v) is 2.82. The standard InChI is InChI=1S/C7H9N3O2S/c11-10(12)7-6(1-2-13-7)9-5-3-8-4-5/h1-2,5,8-9H,3-4H2. The number of anilines is 1. The van der Waals surface area contributed by atoms with E-state index in [1.165, 1.54) is 0 Å². The zero-order chi connectivity index (χ0) is 9.26. The van der Waals surface area contributed by atoms with Crippen molar-refractivity contribution in [3.05, 3.63) is 21.6 Å². The third-order valence-electron chi connectivity index (χ3n) is 1.95. The summed E-state index contributed by atoms with van der Waals surface area (Å²) in [5, 5.41) is 18.7. The number of nitrogens with zero attached hydrogens (tertiary/aromatic N) is 1. The third kappa shape index (κ3) is 1.63. The minimum absolute atomic E-state index is 0.201.